The molecule has 0 spiro atoms. The van der Waals surface area contributed by atoms with Gasteiger partial charge in [-0.15, -0.1) is 11.3 Å². The number of para-hydroxylation sites is 3. The van der Waals surface area contributed by atoms with Gasteiger partial charge in [0, 0.05) is 119 Å². The van der Waals surface area contributed by atoms with Crippen molar-refractivity contribution in [3.8, 4) is 55.6 Å². The second-order valence-corrected chi connectivity index (χ2v) is 33.1. The van der Waals surface area contributed by atoms with Crippen molar-refractivity contribution in [2.45, 2.75) is 48.3 Å². The average molecular weight is 1500 g/mol. The van der Waals surface area contributed by atoms with Gasteiger partial charge in [-0.1, -0.05) is 264 Å². The first-order valence-corrected chi connectivity index (χ1v) is 40.5. The summed E-state index contributed by atoms with van der Waals surface area (Å²) in [6.07, 6.45) is 1.73. The first-order chi connectivity index (χ1) is 55.9. The number of benzene rings is 17. The highest BCUT2D eigenvalue weighted by Gasteiger charge is 2.36. The Morgan fingerprint density at radius 1 is 0.263 bits per heavy atom. The lowest BCUT2D eigenvalue weighted by Crippen LogP contribution is -2.23. The predicted molar refractivity (Wildman–Crippen MR) is 483 cm³/mol. The van der Waals surface area contributed by atoms with Gasteiger partial charge < -0.3 is 29.2 Å². The second-order valence-electron chi connectivity index (χ2n) is 30.9. The zero-order valence-electron chi connectivity index (χ0n) is 63.2. The van der Waals surface area contributed by atoms with E-state index in [0.29, 0.717) is 0 Å². The number of rotatable bonds is 10. The van der Waals surface area contributed by atoms with Crippen molar-refractivity contribution < 1.29 is 13.3 Å². The summed E-state index contributed by atoms with van der Waals surface area (Å²) in [6, 6.07) is 128. The Kier molecular flexibility index (Phi) is 16.6. The maximum Gasteiger partial charge on any atom is 0.143 e. The molecule has 0 fully saturated rings. The van der Waals surface area contributed by atoms with Gasteiger partial charge in [-0.2, -0.15) is 0 Å². The Labute approximate surface area is 668 Å². The third kappa shape index (κ3) is 12.1. The standard InChI is InChI=1S/C43H31NS.C37H27NOS.C26H17NO2/c1-43(2)39-16-7-5-13-34(39)35-23-20-29(24-40(35)43)27-18-21-30(22-19-27)44-31-25-37(33-15-9-11-28-10-3-4-12-32(28)33)42-38(26-31)36-14-6-8-17-41(36)45-42;1-37(2)31-12-6-8-14-34(31)40-35-18-17-26(22-32(35)37)38-27-20-29(25-16-15-23-9-3-4-10-24(23)19-25)36-30(21-27)28-11-5-7-13-33(28)39-36;1-2-6-19(7-3-1)27-20-15-22(17-10-11-23-18(14-17)12-13-28-23)26-21-8-4-5-9-24(21)29-25(26)16-20/h3-26,44H,1-2H3;3-22,38H,1-2H3;1-16,27H. The van der Waals surface area contributed by atoms with E-state index in [4.69, 9.17) is 13.3 Å². The summed E-state index contributed by atoms with van der Waals surface area (Å²) >= 11 is 3.75. The lowest BCUT2D eigenvalue weighted by atomic mass is 9.77. The maximum absolute atomic E-state index is 6.46. The van der Waals surface area contributed by atoms with Crippen LogP contribution in [0.15, 0.2) is 387 Å². The van der Waals surface area contributed by atoms with E-state index in [1.807, 2.05) is 77.7 Å². The maximum atomic E-state index is 6.46. The Hall–Kier alpha value is -13.6. The van der Waals surface area contributed by atoms with E-state index in [-0.39, 0.29) is 10.8 Å². The molecule has 4 aromatic heterocycles. The molecule has 544 valence electrons. The fourth-order valence-corrected chi connectivity index (χ4v) is 20.1. The molecule has 17 aromatic carbocycles. The van der Waals surface area contributed by atoms with Crippen LogP contribution in [0, 0.1) is 0 Å². The molecule has 6 nitrogen and oxygen atoms in total. The number of hydrogen-bond donors (Lipinski definition) is 3. The van der Waals surface area contributed by atoms with Crippen molar-refractivity contribution in [2.75, 3.05) is 16.0 Å². The van der Waals surface area contributed by atoms with Crippen LogP contribution >= 0.6 is 23.1 Å². The quantitative estimate of drug-likeness (QED) is 0.126. The van der Waals surface area contributed by atoms with Gasteiger partial charge in [0.25, 0.3) is 0 Å². The molecule has 0 saturated heterocycles. The molecule has 0 saturated carbocycles. The number of fused-ring (bicyclic) bond motifs is 17. The molecule has 1 aliphatic heterocycles. The third-order valence-electron chi connectivity index (χ3n) is 23.2. The summed E-state index contributed by atoms with van der Waals surface area (Å²) in [5, 5.41) is 24.2. The smallest absolute Gasteiger partial charge is 0.143 e. The molecule has 0 unspecified atom stereocenters. The highest BCUT2D eigenvalue weighted by molar-refractivity contribution is 7.99. The van der Waals surface area contributed by atoms with Crippen LogP contribution in [0.3, 0.4) is 0 Å². The molecule has 8 heteroatoms. The van der Waals surface area contributed by atoms with Crippen molar-refractivity contribution in [3.63, 3.8) is 0 Å². The number of hydrogen-bond acceptors (Lipinski definition) is 8. The van der Waals surface area contributed by atoms with Crippen LogP contribution in [0.2, 0.25) is 0 Å². The van der Waals surface area contributed by atoms with Gasteiger partial charge in [-0.3, -0.25) is 0 Å². The molecule has 0 amide bonds. The molecule has 21 aromatic rings. The van der Waals surface area contributed by atoms with Gasteiger partial charge in [0.2, 0.25) is 0 Å². The highest BCUT2D eigenvalue weighted by atomic mass is 32.2. The van der Waals surface area contributed by atoms with Gasteiger partial charge in [-0.25, -0.2) is 0 Å². The molecular formula is C106H75N3O3S2. The van der Waals surface area contributed by atoms with Crippen molar-refractivity contribution in [2.24, 2.45) is 0 Å². The molecule has 0 radical (unpaired) electrons. The minimum absolute atomic E-state index is 0.00427. The van der Waals surface area contributed by atoms with E-state index >= 15 is 0 Å². The third-order valence-corrected chi connectivity index (χ3v) is 25.6. The number of nitrogens with one attached hydrogen (secondary N) is 3. The van der Waals surface area contributed by atoms with Crippen LogP contribution in [0.25, 0.3) is 152 Å². The minimum Gasteiger partial charge on any atom is -0.464 e. The van der Waals surface area contributed by atoms with Crippen molar-refractivity contribution in [1.82, 2.24) is 0 Å². The minimum atomic E-state index is -0.0736. The second kappa shape index (κ2) is 27.7. The molecule has 1 aliphatic carbocycles. The lowest BCUT2D eigenvalue weighted by molar-refractivity contribution is 0.607. The zero-order valence-corrected chi connectivity index (χ0v) is 64.8. The van der Waals surface area contributed by atoms with Gasteiger partial charge in [0.1, 0.15) is 27.9 Å². The van der Waals surface area contributed by atoms with Crippen LogP contribution in [-0.2, 0) is 10.8 Å². The fraction of sp³-hybridized carbons (Fsp3) is 0.0566. The van der Waals surface area contributed by atoms with E-state index in [1.54, 1.807) is 6.26 Å². The molecule has 2 aliphatic rings. The molecular weight excluding hydrogens is 1430 g/mol. The Bertz CT molecular complexity index is 7380. The molecule has 5 heterocycles. The Balaban J connectivity index is 0.000000110. The zero-order chi connectivity index (χ0) is 76.2. The van der Waals surface area contributed by atoms with Crippen molar-refractivity contribution >= 4 is 154 Å². The van der Waals surface area contributed by atoms with Crippen LogP contribution in [0.1, 0.15) is 49.9 Å². The number of thiophene rings is 1. The highest BCUT2D eigenvalue weighted by Crippen LogP contribution is 2.53. The summed E-state index contributed by atoms with van der Waals surface area (Å²) in [5.74, 6) is 0. The number of anilines is 6. The monoisotopic (exact) mass is 1500 g/mol. The van der Waals surface area contributed by atoms with E-state index in [2.05, 4.69) is 347 Å². The van der Waals surface area contributed by atoms with E-state index in [0.717, 1.165) is 111 Å². The van der Waals surface area contributed by atoms with Crippen LogP contribution in [0.4, 0.5) is 34.1 Å². The molecule has 3 N–H and O–H groups in total. The summed E-state index contributed by atoms with van der Waals surface area (Å²) in [5.41, 5.74) is 28.5. The first-order valence-electron chi connectivity index (χ1n) is 38.9. The Morgan fingerprint density at radius 3 is 1.68 bits per heavy atom. The normalized spacial score (nSPS) is 13.0. The van der Waals surface area contributed by atoms with Crippen LogP contribution < -0.4 is 16.0 Å². The first kappa shape index (κ1) is 68.4. The van der Waals surface area contributed by atoms with E-state index < -0.39 is 0 Å². The molecule has 23 rings (SSSR count). The van der Waals surface area contributed by atoms with Crippen molar-refractivity contribution in [3.05, 3.63) is 386 Å². The van der Waals surface area contributed by atoms with Crippen LogP contribution in [0.5, 0.6) is 0 Å². The summed E-state index contributed by atoms with van der Waals surface area (Å²) in [4.78, 5) is 2.67. The van der Waals surface area contributed by atoms with Gasteiger partial charge in [0.15, 0.2) is 0 Å². The SMILES string of the molecule is CC1(C)c2ccccc2-c2ccc(-c3ccc(Nc4cc(-c5cccc6ccccc56)c5sc6ccccc6c5c4)cc3)cc21.CC1(C)c2ccccc2Sc2ccc(Nc3cc(-c4ccc5ccccc5c4)c4oc5ccccc5c4c3)cc21.c1ccc(Nc2cc(-c3ccc4occc4c3)c3c(c2)oc2ccccc23)cc1. The van der Waals surface area contributed by atoms with E-state index in [1.165, 1.54) is 107 Å². The van der Waals surface area contributed by atoms with Gasteiger partial charge in [0.05, 0.1) is 6.26 Å². The topological polar surface area (TPSA) is 75.5 Å². The van der Waals surface area contributed by atoms with Gasteiger partial charge >= 0.3 is 0 Å². The average Bonchev–Trinajstić information content (AvgIpc) is 1.52. The Morgan fingerprint density at radius 2 is 0.833 bits per heavy atom. The summed E-state index contributed by atoms with van der Waals surface area (Å²) in [6.45, 7) is 9.34. The summed E-state index contributed by atoms with van der Waals surface area (Å²) < 4.78 is 20.8. The lowest BCUT2D eigenvalue weighted by Gasteiger charge is -2.34. The largest absolute Gasteiger partial charge is 0.464 e. The van der Waals surface area contributed by atoms with Crippen LogP contribution in [-0.4, -0.2) is 0 Å². The fourth-order valence-electron chi connectivity index (χ4n) is 17.5. The molecule has 114 heavy (non-hydrogen) atoms. The molecule has 0 atom stereocenters. The number of furan rings is 3. The van der Waals surface area contributed by atoms with Gasteiger partial charge in [-0.05, 0) is 216 Å². The predicted octanol–water partition coefficient (Wildman–Crippen LogP) is 31.3. The molecule has 0 bridgehead atoms. The van der Waals surface area contributed by atoms with Crippen molar-refractivity contribution in [1.29, 1.82) is 0 Å². The summed E-state index contributed by atoms with van der Waals surface area (Å²) in [7, 11) is 0. The van der Waals surface area contributed by atoms with E-state index in [9.17, 15) is 0 Å².